The lowest BCUT2D eigenvalue weighted by molar-refractivity contribution is 0.0698. The number of anilines is 1. The fourth-order valence-corrected chi connectivity index (χ4v) is 3.34. The first-order valence-corrected chi connectivity index (χ1v) is 9.92. The average Bonchev–Trinajstić information content (AvgIpc) is 2.69. The predicted molar refractivity (Wildman–Crippen MR) is 117 cm³/mol. The molecular weight excluding hydrogens is 382 g/mol. The van der Waals surface area contributed by atoms with E-state index in [1.807, 2.05) is 39.8 Å². The molecule has 0 spiro atoms. The maximum absolute atomic E-state index is 13.0. The Morgan fingerprint density at radius 3 is 2.60 bits per heavy atom. The summed E-state index contributed by atoms with van der Waals surface area (Å²) < 4.78 is 7.20. The first-order chi connectivity index (χ1) is 14.2. The quantitative estimate of drug-likeness (QED) is 0.609. The van der Waals surface area contributed by atoms with Crippen LogP contribution in [-0.4, -0.2) is 27.2 Å². The van der Waals surface area contributed by atoms with Crippen LogP contribution in [0, 0.1) is 12.8 Å². The van der Waals surface area contributed by atoms with Gasteiger partial charge in [0, 0.05) is 18.3 Å². The van der Waals surface area contributed by atoms with Gasteiger partial charge in [-0.1, -0.05) is 32.0 Å². The lowest BCUT2D eigenvalue weighted by Crippen LogP contribution is -2.23. The number of aromatic nitrogens is 2. The molecule has 0 saturated carbocycles. The Hall–Kier alpha value is -3.35. The molecular formula is C23H27N3O4. The zero-order chi connectivity index (χ0) is 22.0. The molecule has 1 atom stereocenters. The number of fused-ring (bicyclic) bond motifs is 1. The molecule has 0 aliphatic heterocycles. The Labute approximate surface area is 175 Å². The van der Waals surface area contributed by atoms with Crippen LogP contribution in [0.5, 0.6) is 6.01 Å². The number of carboxylic acid groups (broad SMARTS) is 1. The van der Waals surface area contributed by atoms with Crippen LogP contribution >= 0.6 is 0 Å². The fourth-order valence-electron chi connectivity index (χ4n) is 3.34. The van der Waals surface area contributed by atoms with Crippen LogP contribution in [0.15, 0.2) is 41.2 Å². The van der Waals surface area contributed by atoms with Gasteiger partial charge in [-0.15, -0.1) is 0 Å². The van der Waals surface area contributed by atoms with E-state index in [0.29, 0.717) is 29.1 Å². The molecule has 0 aliphatic carbocycles. The van der Waals surface area contributed by atoms with Crippen LogP contribution in [0.4, 0.5) is 5.69 Å². The molecule has 3 rings (SSSR count). The first kappa shape index (κ1) is 21.4. The number of benzene rings is 2. The lowest BCUT2D eigenvalue weighted by atomic mass is 10.0. The second-order valence-electron chi connectivity index (χ2n) is 7.93. The van der Waals surface area contributed by atoms with Crippen molar-refractivity contribution in [2.24, 2.45) is 13.0 Å². The highest BCUT2D eigenvalue weighted by atomic mass is 16.5. The first-order valence-electron chi connectivity index (χ1n) is 9.92. The molecule has 30 heavy (non-hydrogen) atoms. The molecule has 158 valence electrons. The van der Waals surface area contributed by atoms with E-state index in [-0.39, 0.29) is 23.2 Å². The highest BCUT2D eigenvalue weighted by Crippen LogP contribution is 2.28. The van der Waals surface area contributed by atoms with Crippen LogP contribution in [0.1, 0.15) is 48.3 Å². The van der Waals surface area contributed by atoms with Gasteiger partial charge in [0.25, 0.3) is 11.6 Å². The molecule has 0 bridgehead atoms. The van der Waals surface area contributed by atoms with Gasteiger partial charge < -0.3 is 15.2 Å². The van der Waals surface area contributed by atoms with E-state index < -0.39 is 5.97 Å². The summed E-state index contributed by atoms with van der Waals surface area (Å²) in [4.78, 5) is 29.2. The number of carboxylic acids is 1. The predicted octanol–water partition coefficient (Wildman–Crippen LogP) is 4.15. The fraction of sp³-hybridized carbons (Fsp3) is 0.348. The summed E-state index contributed by atoms with van der Waals surface area (Å²) in [6.07, 6.45) is 0. The zero-order valence-corrected chi connectivity index (χ0v) is 17.9. The molecule has 3 aromatic rings. The van der Waals surface area contributed by atoms with Crippen molar-refractivity contribution in [1.82, 2.24) is 9.55 Å². The zero-order valence-electron chi connectivity index (χ0n) is 17.9. The molecule has 0 saturated heterocycles. The number of nitrogens with zero attached hydrogens (tertiary/aromatic N) is 2. The normalized spacial score (nSPS) is 12.2. The summed E-state index contributed by atoms with van der Waals surface area (Å²) in [5.41, 5.74) is 2.79. The minimum absolute atomic E-state index is 0.179. The SMILES string of the molecule is Cc1cc(C(C)Nc2ccccc2C(=O)O)c2nc(OCC(C)C)n(C)c(=O)c2c1. The third kappa shape index (κ3) is 4.30. The molecule has 0 amide bonds. The maximum Gasteiger partial charge on any atom is 0.337 e. The second-order valence-corrected chi connectivity index (χ2v) is 7.93. The molecule has 0 aliphatic rings. The minimum atomic E-state index is -1.00. The number of rotatable bonds is 7. The van der Waals surface area contributed by atoms with E-state index >= 15 is 0 Å². The van der Waals surface area contributed by atoms with Crippen LogP contribution in [0.25, 0.3) is 10.9 Å². The van der Waals surface area contributed by atoms with Crippen LogP contribution in [-0.2, 0) is 7.05 Å². The monoisotopic (exact) mass is 409 g/mol. The van der Waals surface area contributed by atoms with Gasteiger partial charge in [-0.3, -0.25) is 9.36 Å². The topological polar surface area (TPSA) is 93.4 Å². The molecule has 7 heteroatoms. The van der Waals surface area contributed by atoms with E-state index in [4.69, 9.17) is 4.74 Å². The number of carbonyl (C=O) groups is 1. The van der Waals surface area contributed by atoms with Crippen LogP contribution in [0.3, 0.4) is 0 Å². The lowest BCUT2D eigenvalue weighted by Gasteiger charge is -2.20. The van der Waals surface area contributed by atoms with Gasteiger partial charge in [-0.25, -0.2) is 4.79 Å². The maximum atomic E-state index is 13.0. The van der Waals surface area contributed by atoms with Crippen LogP contribution < -0.4 is 15.6 Å². The van der Waals surface area contributed by atoms with Crippen LogP contribution in [0.2, 0.25) is 0 Å². The molecule has 2 N–H and O–H groups in total. The Morgan fingerprint density at radius 1 is 1.23 bits per heavy atom. The van der Waals surface area contributed by atoms with Crippen molar-refractivity contribution >= 4 is 22.6 Å². The summed E-state index contributed by atoms with van der Waals surface area (Å²) in [6.45, 7) is 8.34. The van der Waals surface area contributed by atoms with E-state index in [0.717, 1.165) is 11.1 Å². The molecule has 0 radical (unpaired) electrons. The summed E-state index contributed by atoms with van der Waals surface area (Å²) >= 11 is 0. The van der Waals surface area contributed by atoms with Gasteiger partial charge >= 0.3 is 5.97 Å². The van der Waals surface area contributed by atoms with E-state index in [9.17, 15) is 14.7 Å². The molecule has 1 aromatic heterocycles. The van der Waals surface area contributed by atoms with Crippen molar-refractivity contribution < 1.29 is 14.6 Å². The minimum Gasteiger partial charge on any atom is -0.478 e. The van der Waals surface area contributed by atoms with E-state index in [1.54, 1.807) is 31.3 Å². The smallest absolute Gasteiger partial charge is 0.337 e. The molecule has 2 aromatic carbocycles. The summed E-state index contributed by atoms with van der Waals surface area (Å²) in [5.74, 6) is -0.709. The van der Waals surface area contributed by atoms with Crippen molar-refractivity contribution in [2.45, 2.75) is 33.7 Å². The molecule has 1 heterocycles. The number of aryl methyl sites for hydroxylation is 1. The number of hydrogen-bond acceptors (Lipinski definition) is 5. The largest absolute Gasteiger partial charge is 0.478 e. The third-order valence-corrected chi connectivity index (χ3v) is 4.85. The standard InChI is InChI=1S/C23H27N3O4/c1-13(2)12-30-23-25-20-17(10-14(3)11-18(20)21(27)26(23)5)15(4)24-19-9-7-6-8-16(19)22(28)29/h6-11,13,15,24H,12H2,1-5H3,(H,28,29). The van der Waals surface area contributed by atoms with Gasteiger partial charge in [0.1, 0.15) is 0 Å². The number of ether oxygens (including phenoxy) is 1. The number of nitrogens with one attached hydrogen (secondary N) is 1. The molecule has 0 fully saturated rings. The Morgan fingerprint density at radius 2 is 1.93 bits per heavy atom. The second kappa shape index (κ2) is 8.57. The van der Waals surface area contributed by atoms with Crippen molar-refractivity contribution in [2.75, 3.05) is 11.9 Å². The van der Waals surface area contributed by atoms with Gasteiger partial charge in [0.15, 0.2) is 0 Å². The van der Waals surface area contributed by atoms with E-state index in [1.165, 1.54) is 4.57 Å². The highest BCUT2D eigenvalue weighted by Gasteiger charge is 2.19. The summed E-state index contributed by atoms with van der Waals surface area (Å²) in [6, 6.07) is 10.5. The Kier molecular flexibility index (Phi) is 6.10. The highest BCUT2D eigenvalue weighted by molar-refractivity contribution is 5.94. The Bertz CT molecular complexity index is 1150. The third-order valence-electron chi connectivity index (χ3n) is 4.85. The van der Waals surface area contributed by atoms with Gasteiger partial charge in [-0.2, -0.15) is 4.98 Å². The van der Waals surface area contributed by atoms with Crippen molar-refractivity contribution in [3.63, 3.8) is 0 Å². The molecule has 1 unspecified atom stereocenters. The van der Waals surface area contributed by atoms with E-state index in [2.05, 4.69) is 10.3 Å². The number of para-hydroxylation sites is 1. The van der Waals surface area contributed by atoms with Crippen molar-refractivity contribution in [3.8, 4) is 6.01 Å². The Balaban J connectivity index is 2.11. The number of hydrogen-bond donors (Lipinski definition) is 2. The van der Waals surface area contributed by atoms with Gasteiger partial charge in [-0.05, 0) is 43.5 Å². The van der Waals surface area contributed by atoms with Crippen molar-refractivity contribution in [3.05, 3.63) is 63.4 Å². The average molecular weight is 409 g/mol. The van der Waals surface area contributed by atoms with Gasteiger partial charge in [0.05, 0.1) is 29.1 Å². The van der Waals surface area contributed by atoms with Crippen molar-refractivity contribution in [1.29, 1.82) is 0 Å². The number of aromatic carboxylic acids is 1. The summed E-state index contributed by atoms with van der Waals surface area (Å²) in [7, 11) is 1.65. The summed E-state index contributed by atoms with van der Waals surface area (Å²) in [5, 5.41) is 13.2. The molecule has 7 nitrogen and oxygen atoms in total. The van der Waals surface area contributed by atoms with Gasteiger partial charge in [0.2, 0.25) is 0 Å².